The molecule has 126 valence electrons. The number of aromatic nitrogens is 3. The maximum absolute atomic E-state index is 12.1. The predicted octanol–water partition coefficient (Wildman–Crippen LogP) is 3.30. The van der Waals surface area contributed by atoms with Gasteiger partial charge >= 0.3 is 0 Å². The Balaban J connectivity index is 1.52. The van der Waals surface area contributed by atoms with E-state index in [2.05, 4.69) is 34.5 Å². The van der Waals surface area contributed by atoms with Crippen molar-refractivity contribution in [3.63, 3.8) is 0 Å². The largest absolute Gasteiger partial charge is 0.350 e. The van der Waals surface area contributed by atoms with Gasteiger partial charge in [0.05, 0.1) is 17.9 Å². The monoisotopic (exact) mass is 342 g/mol. The zero-order valence-corrected chi connectivity index (χ0v) is 14.9. The van der Waals surface area contributed by atoms with Crippen LogP contribution in [0.25, 0.3) is 4.96 Å². The van der Waals surface area contributed by atoms with Crippen molar-refractivity contribution in [3.05, 3.63) is 52.3 Å². The van der Waals surface area contributed by atoms with Crippen LogP contribution < -0.4 is 5.32 Å². The zero-order chi connectivity index (χ0) is 16.9. The number of hydrogen-bond donors (Lipinski definition) is 1. The summed E-state index contributed by atoms with van der Waals surface area (Å²) in [5.41, 5.74) is 3.17. The van der Waals surface area contributed by atoms with E-state index in [1.807, 2.05) is 29.6 Å². The second-order valence-corrected chi connectivity index (χ2v) is 6.84. The molecule has 2 aromatic heterocycles. The first kappa shape index (κ1) is 16.6. The summed E-state index contributed by atoms with van der Waals surface area (Å²) >= 11 is 1.61. The number of carbonyl (C=O) groups is 1. The van der Waals surface area contributed by atoms with Gasteiger partial charge in [0.25, 0.3) is 0 Å². The number of carbonyl (C=O) groups excluding carboxylic acids is 1. The lowest BCUT2D eigenvalue weighted by Crippen LogP contribution is -2.23. The highest BCUT2D eigenvalue weighted by Gasteiger charge is 2.14. The molecule has 24 heavy (non-hydrogen) atoms. The summed E-state index contributed by atoms with van der Waals surface area (Å²) in [4.78, 5) is 17.5. The van der Waals surface area contributed by atoms with Gasteiger partial charge < -0.3 is 5.32 Å². The van der Waals surface area contributed by atoms with Crippen LogP contribution in [0.4, 0.5) is 0 Å². The van der Waals surface area contributed by atoms with Crippen molar-refractivity contribution in [1.82, 2.24) is 19.9 Å². The predicted molar refractivity (Wildman–Crippen MR) is 96.2 cm³/mol. The molecular formula is C18H22N4OS. The van der Waals surface area contributed by atoms with Gasteiger partial charge in [0.15, 0.2) is 0 Å². The Hall–Kier alpha value is -2.21. The third-order valence-electron chi connectivity index (χ3n) is 4.01. The maximum atomic E-state index is 12.1. The highest BCUT2D eigenvalue weighted by atomic mass is 32.1. The molecule has 0 aliphatic carbocycles. The van der Waals surface area contributed by atoms with Crippen LogP contribution in [0, 0.1) is 6.92 Å². The second kappa shape index (κ2) is 7.57. The van der Waals surface area contributed by atoms with Crippen LogP contribution in [0.2, 0.25) is 0 Å². The molecule has 0 aliphatic rings. The van der Waals surface area contributed by atoms with Gasteiger partial charge in [0.1, 0.15) is 5.01 Å². The molecule has 1 aromatic carbocycles. The Morgan fingerprint density at radius 3 is 2.83 bits per heavy atom. The summed E-state index contributed by atoms with van der Waals surface area (Å²) in [6, 6.07) is 10.3. The number of amides is 1. The fraction of sp³-hybridized carbons (Fsp3) is 0.389. The van der Waals surface area contributed by atoms with Crippen LogP contribution in [0.3, 0.4) is 0 Å². The van der Waals surface area contributed by atoms with Gasteiger partial charge in [0, 0.05) is 6.42 Å². The molecule has 6 heteroatoms. The van der Waals surface area contributed by atoms with Crippen LogP contribution in [0.15, 0.2) is 30.3 Å². The molecule has 3 rings (SSSR count). The summed E-state index contributed by atoms with van der Waals surface area (Å²) in [5.74, 6) is 0.0752. The number of rotatable bonds is 7. The molecule has 0 saturated carbocycles. The lowest BCUT2D eigenvalue weighted by molar-refractivity contribution is -0.121. The number of hydrogen-bond acceptors (Lipinski definition) is 4. The van der Waals surface area contributed by atoms with E-state index < -0.39 is 0 Å². The Labute approximate surface area is 145 Å². The molecule has 0 atom stereocenters. The van der Waals surface area contributed by atoms with E-state index in [4.69, 9.17) is 0 Å². The molecule has 0 aliphatic heterocycles. The Morgan fingerprint density at radius 1 is 1.29 bits per heavy atom. The molecule has 0 saturated heterocycles. The van der Waals surface area contributed by atoms with Gasteiger partial charge in [0.2, 0.25) is 10.9 Å². The molecule has 0 radical (unpaired) electrons. The molecule has 1 amide bonds. The van der Waals surface area contributed by atoms with E-state index in [0.29, 0.717) is 13.0 Å². The fourth-order valence-corrected chi connectivity index (χ4v) is 3.54. The number of fused-ring (bicyclic) bond motifs is 1. The molecule has 0 spiro atoms. The van der Waals surface area contributed by atoms with Gasteiger partial charge in [-0.1, -0.05) is 48.6 Å². The lowest BCUT2D eigenvalue weighted by Gasteiger charge is -2.05. The van der Waals surface area contributed by atoms with E-state index in [1.54, 1.807) is 11.3 Å². The SMILES string of the molecule is CCc1nn2c(CNC(=O)CCCc3ccccc3)c(C)nc2s1. The number of aryl methyl sites for hydroxylation is 3. The topological polar surface area (TPSA) is 59.3 Å². The Kier molecular flexibility index (Phi) is 5.25. The third-order valence-corrected chi connectivity index (χ3v) is 5.06. The van der Waals surface area contributed by atoms with Crippen molar-refractivity contribution in [2.75, 3.05) is 0 Å². The van der Waals surface area contributed by atoms with E-state index in [0.717, 1.165) is 40.6 Å². The molecule has 0 unspecified atom stereocenters. The van der Waals surface area contributed by atoms with Gasteiger partial charge in [-0.2, -0.15) is 5.10 Å². The summed E-state index contributed by atoms with van der Waals surface area (Å²) in [7, 11) is 0. The summed E-state index contributed by atoms with van der Waals surface area (Å²) in [6.07, 6.45) is 3.22. The highest BCUT2D eigenvalue weighted by molar-refractivity contribution is 7.16. The van der Waals surface area contributed by atoms with Crippen molar-refractivity contribution in [1.29, 1.82) is 0 Å². The molecule has 3 aromatic rings. The first-order chi connectivity index (χ1) is 11.7. The molecule has 2 heterocycles. The van der Waals surface area contributed by atoms with E-state index in [-0.39, 0.29) is 5.91 Å². The summed E-state index contributed by atoms with van der Waals surface area (Å²) in [5, 5.41) is 8.61. The van der Waals surface area contributed by atoms with Crippen molar-refractivity contribution >= 4 is 22.2 Å². The van der Waals surface area contributed by atoms with Crippen LogP contribution in [0.1, 0.15) is 41.7 Å². The fourth-order valence-electron chi connectivity index (χ4n) is 2.64. The standard InChI is InChI=1S/C18H22N4OS/c1-3-17-21-22-15(13(2)20-18(22)24-17)12-19-16(23)11-7-10-14-8-5-4-6-9-14/h4-6,8-9H,3,7,10-12H2,1-2H3,(H,19,23). The minimum atomic E-state index is 0.0752. The van der Waals surface area contributed by atoms with Gasteiger partial charge in [-0.3, -0.25) is 4.79 Å². The van der Waals surface area contributed by atoms with Crippen LogP contribution >= 0.6 is 11.3 Å². The first-order valence-corrected chi connectivity index (χ1v) is 9.13. The van der Waals surface area contributed by atoms with Crippen molar-refractivity contribution < 1.29 is 4.79 Å². The maximum Gasteiger partial charge on any atom is 0.220 e. The lowest BCUT2D eigenvalue weighted by atomic mass is 10.1. The minimum absolute atomic E-state index is 0.0752. The average Bonchev–Trinajstić information content (AvgIpc) is 3.10. The zero-order valence-electron chi connectivity index (χ0n) is 14.1. The van der Waals surface area contributed by atoms with Gasteiger partial charge in [-0.25, -0.2) is 9.50 Å². The quantitative estimate of drug-likeness (QED) is 0.717. The molecule has 5 nitrogen and oxygen atoms in total. The smallest absolute Gasteiger partial charge is 0.220 e. The minimum Gasteiger partial charge on any atom is -0.350 e. The first-order valence-electron chi connectivity index (χ1n) is 8.32. The van der Waals surface area contributed by atoms with E-state index in [9.17, 15) is 4.79 Å². The number of imidazole rings is 1. The summed E-state index contributed by atoms with van der Waals surface area (Å²) < 4.78 is 1.86. The normalized spacial score (nSPS) is 11.1. The number of nitrogens with one attached hydrogen (secondary N) is 1. The van der Waals surface area contributed by atoms with Crippen LogP contribution in [0.5, 0.6) is 0 Å². The third kappa shape index (κ3) is 3.82. The Bertz CT molecular complexity index is 822. The highest BCUT2D eigenvalue weighted by Crippen LogP contribution is 2.18. The van der Waals surface area contributed by atoms with Crippen molar-refractivity contribution in [2.45, 2.75) is 46.1 Å². The molecule has 0 bridgehead atoms. The van der Waals surface area contributed by atoms with Crippen molar-refractivity contribution in [3.8, 4) is 0 Å². The van der Waals surface area contributed by atoms with Gasteiger partial charge in [-0.15, -0.1) is 0 Å². The van der Waals surface area contributed by atoms with Crippen molar-refractivity contribution in [2.24, 2.45) is 0 Å². The Morgan fingerprint density at radius 2 is 2.08 bits per heavy atom. The van der Waals surface area contributed by atoms with Crippen LogP contribution in [-0.2, 0) is 24.2 Å². The average molecular weight is 342 g/mol. The molecule has 1 N–H and O–H groups in total. The van der Waals surface area contributed by atoms with Gasteiger partial charge in [-0.05, 0) is 31.7 Å². The van der Waals surface area contributed by atoms with Crippen LogP contribution in [-0.4, -0.2) is 20.5 Å². The number of benzene rings is 1. The summed E-state index contributed by atoms with van der Waals surface area (Å²) in [6.45, 7) is 4.52. The molecule has 0 fully saturated rings. The molecular weight excluding hydrogens is 320 g/mol. The second-order valence-electron chi connectivity index (χ2n) is 5.80. The van der Waals surface area contributed by atoms with E-state index in [1.165, 1.54) is 5.56 Å². The number of nitrogens with zero attached hydrogens (tertiary/aromatic N) is 3. The van der Waals surface area contributed by atoms with E-state index >= 15 is 0 Å².